The molecule has 1 amide bonds. The summed E-state index contributed by atoms with van der Waals surface area (Å²) in [6.07, 6.45) is 1.78. The fraction of sp³-hybridized carbons (Fsp3) is 0.417. The third kappa shape index (κ3) is 6.64. The van der Waals surface area contributed by atoms with Crippen LogP contribution in [0.5, 0.6) is 11.5 Å². The first kappa shape index (κ1) is 22.5. The summed E-state index contributed by atoms with van der Waals surface area (Å²) in [7, 11) is 0. The predicted molar refractivity (Wildman–Crippen MR) is 124 cm³/mol. The Kier molecular flexibility index (Phi) is 8.15. The molecule has 0 radical (unpaired) electrons. The highest BCUT2D eigenvalue weighted by molar-refractivity contribution is 5.95. The van der Waals surface area contributed by atoms with Crippen molar-refractivity contribution in [3.05, 3.63) is 53.6 Å². The number of aliphatic imine (C=N–C) groups is 1. The van der Waals surface area contributed by atoms with Gasteiger partial charge in [-0.25, -0.2) is 4.99 Å². The zero-order valence-electron chi connectivity index (χ0n) is 18.5. The van der Waals surface area contributed by atoms with Crippen LogP contribution in [-0.2, 0) is 6.54 Å². The highest BCUT2D eigenvalue weighted by atomic mass is 16.5. The Labute approximate surface area is 184 Å². The summed E-state index contributed by atoms with van der Waals surface area (Å²) in [4.78, 5) is 16.9. The van der Waals surface area contributed by atoms with Crippen LogP contribution in [0.25, 0.3) is 0 Å². The lowest BCUT2D eigenvalue weighted by Crippen LogP contribution is -2.31. The van der Waals surface area contributed by atoms with Crippen LogP contribution in [0.2, 0.25) is 0 Å². The first-order chi connectivity index (χ1) is 15.1. The van der Waals surface area contributed by atoms with Crippen molar-refractivity contribution < 1.29 is 14.3 Å². The largest absolute Gasteiger partial charge is 0.490 e. The molecular weight excluding hydrogens is 392 g/mol. The molecule has 1 unspecified atom stereocenters. The van der Waals surface area contributed by atoms with Gasteiger partial charge in [0.15, 0.2) is 17.5 Å². The van der Waals surface area contributed by atoms with Crippen LogP contribution in [-0.4, -0.2) is 37.7 Å². The van der Waals surface area contributed by atoms with Crippen LogP contribution >= 0.6 is 0 Å². The van der Waals surface area contributed by atoms with E-state index >= 15 is 0 Å². The third-order valence-corrected chi connectivity index (χ3v) is 4.98. The van der Waals surface area contributed by atoms with Crippen molar-refractivity contribution in [2.24, 2.45) is 4.99 Å². The van der Waals surface area contributed by atoms with E-state index in [-0.39, 0.29) is 11.9 Å². The maximum atomic E-state index is 12.2. The van der Waals surface area contributed by atoms with E-state index in [0.29, 0.717) is 31.3 Å². The molecule has 0 aliphatic carbocycles. The topological polar surface area (TPSA) is 84.0 Å². The highest BCUT2D eigenvalue weighted by Gasteiger charge is 2.12. The highest BCUT2D eigenvalue weighted by Crippen LogP contribution is 2.32. The molecule has 2 aromatic rings. The second-order valence-electron chi connectivity index (χ2n) is 7.51. The van der Waals surface area contributed by atoms with Gasteiger partial charge >= 0.3 is 0 Å². The van der Waals surface area contributed by atoms with Gasteiger partial charge in [0.25, 0.3) is 5.91 Å². The van der Waals surface area contributed by atoms with Gasteiger partial charge in [0.1, 0.15) is 0 Å². The molecule has 0 saturated heterocycles. The van der Waals surface area contributed by atoms with Crippen molar-refractivity contribution >= 4 is 17.6 Å². The minimum absolute atomic E-state index is 0.0474. The molecule has 0 bridgehead atoms. The van der Waals surface area contributed by atoms with Gasteiger partial charge < -0.3 is 25.4 Å². The lowest BCUT2D eigenvalue weighted by atomic mass is 10.1. The Balaban J connectivity index is 1.64. The summed E-state index contributed by atoms with van der Waals surface area (Å²) in [5.41, 5.74) is 2.56. The lowest BCUT2D eigenvalue weighted by molar-refractivity contribution is 0.0939. The number of carbonyl (C=O) groups excluding carboxylic acids is 1. The number of guanidine groups is 1. The minimum Gasteiger partial charge on any atom is -0.490 e. The summed E-state index contributed by atoms with van der Waals surface area (Å²) in [5.74, 6) is 2.14. The third-order valence-electron chi connectivity index (χ3n) is 4.98. The number of rotatable bonds is 7. The molecule has 1 heterocycles. The number of carbonyl (C=O) groups is 1. The molecule has 3 N–H and O–H groups in total. The first-order valence-electron chi connectivity index (χ1n) is 10.9. The SMILES string of the molecule is CCNC(=NCc1ccc(C(=O)NC(C)CC)cc1)Nc1ccc2c(c1)OCCCO2. The van der Waals surface area contributed by atoms with E-state index in [9.17, 15) is 4.79 Å². The number of ether oxygens (including phenoxy) is 2. The molecule has 1 atom stereocenters. The van der Waals surface area contributed by atoms with Crippen molar-refractivity contribution in [2.45, 2.75) is 46.2 Å². The van der Waals surface area contributed by atoms with E-state index in [0.717, 1.165) is 42.1 Å². The quantitative estimate of drug-likeness (QED) is 0.463. The Hall–Kier alpha value is -3.22. The zero-order valence-corrected chi connectivity index (χ0v) is 18.5. The van der Waals surface area contributed by atoms with Gasteiger partial charge in [-0.2, -0.15) is 0 Å². The van der Waals surface area contributed by atoms with Crippen LogP contribution in [0.1, 0.15) is 49.5 Å². The van der Waals surface area contributed by atoms with Crippen molar-refractivity contribution in [2.75, 3.05) is 25.1 Å². The van der Waals surface area contributed by atoms with Gasteiger partial charge in [-0.15, -0.1) is 0 Å². The van der Waals surface area contributed by atoms with Crippen molar-refractivity contribution in [3.8, 4) is 11.5 Å². The smallest absolute Gasteiger partial charge is 0.251 e. The molecule has 0 saturated carbocycles. The lowest BCUT2D eigenvalue weighted by Gasteiger charge is -2.14. The number of anilines is 1. The number of fused-ring (bicyclic) bond motifs is 1. The molecule has 0 aromatic heterocycles. The number of hydrogen-bond donors (Lipinski definition) is 3. The van der Waals surface area contributed by atoms with Crippen LogP contribution in [0.3, 0.4) is 0 Å². The molecule has 3 rings (SSSR count). The van der Waals surface area contributed by atoms with Crippen molar-refractivity contribution in [1.82, 2.24) is 10.6 Å². The van der Waals surface area contributed by atoms with Crippen LogP contribution in [0.4, 0.5) is 5.69 Å². The van der Waals surface area contributed by atoms with E-state index in [1.807, 2.05) is 63.2 Å². The summed E-state index contributed by atoms with van der Waals surface area (Å²) >= 11 is 0. The number of nitrogens with one attached hydrogen (secondary N) is 3. The summed E-state index contributed by atoms with van der Waals surface area (Å²) < 4.78 is 11.5. The van der Waals surface area contributed by atoms with Gasteiger partial charge in [-0.1, -0.05) is 19.1 Å². The van der Waals surface area contributed by atoms with E-state index < -0.39 is 0 Å². The maximum absolute atomic E-state index is 12.2. The van der Waals surface area contributed by atoms with Crippen LogP contribution < -0.4 is 25.4 Å². The fourth-order valence-corrected chi connectivity index (χ4v) is 3.03. The Morgan fingerprint density at radius 3 is 2.52 bits per heavy atom. The van der Waals surface area contributed by atoms with E-state index in [1.165, 1.54) is 0 Å². The summed E-state index contributed by atoms with van der Waals surface area (Å²) in [6.45, 7) is 8.62. The molecule has 0 spiro atoms. The van der Waals surface area contributed by atoms with Gasteiger partial charge in [-0.3, -0.25) is 4.79 Å². The number of amides is 1. The average molecular weight is 425 g/mol. The van der Waals surface area contributed by atoms with E-state index in [4.69, 9.17) is 9.47 Å². The van der Waals surface area contributed by atoms with Gasteiger partial charge in [0, 0.05) is 36.3 Å². The molecule has 1 aliphatic rings. The number of nitrogens with zero attached hydrogens (tertiary/aromatic N) is 1. The first-order valence-corrected chi connectivity index (χ1v) is 10.9. The zero-order chi connectivity index (χ0) is 22.1. The molecule has 1 aliphatic heterocycles. The standard InChI is InChI=1S/C24H32N4O3/c1-4-17(3)27-23(29)19-9-7-18(8-10-19)16-26-24(25-5-2)28-20-11-12-21-22(15-20)31-14-6-13-30-21/h7-12,15,17H,4-6,13-14,16H2,1-3H3,(H,27,29)(H2,25,26,28). The van der Waals surface area contributed by atoms with Crippen LogP contribution in [0.15, 0.2) is 47.5 Å². The molecule has 2 aromatic carbocycles. The van der Waals surface area contributed by atoms with Gasteiger partial charge in [0.05, 0.1) is 19.8 Å². The minimum atomic E-state index is -0.0474. The average Bonchev–Trinajstić information content (AvgIpc) is 3.03. The normalized spacial score (nSPS) is 14.4. The molecular formula is C24H32N4O3. The maximum Gasteiger partial charge on any atom is 0.251 e. The number of benzene rings is 2. The second kappa shape index (κ2) is 11.2. The molecule has 31 heavy (non-hydrogen) atoms. The molecule has 7 nitrogen and oxygen atoms in total. The van der Waals surface area contributed by atoms with Crippen LogP contribution in [0, 0.1) is 0 Å². The Morgan fingerprint density at radius 1 is 1.06 bits per heavy atom. The van der Waals surface area contributed by atoms with E-state index in [1.54, 1.807) is 0 Å². The van der Waals surface area contributed by atoms with Gasteiger partial charge in [-0.05, 0) is 50.1 Å². The Morgan fingerprint density at radius 2 is 1.81 bits per heavy atom. The van der Waals surface area contributed by atoms with E-state index in [2.05, 4.69) is 20.9 Å². The van der Waals surface area contributed by atoms with Crippen molar-refractivity contribution in [1.29, 1.82) is 0 Å². The number of hydrogen-bond acceptors (Lipinski definition) is 4. The second-order valence-corrected chi connectivity index (χ2v) is 7.51. The molecule has 166 valence electrons. The monoisotopic (exact) mass is 424 g/mol. The van der Waals surface area contributed by atoms with Crippen molar-refractivity contribution in [3.63, 3.8) is 0 Å². The summed E-state index contributed by atoms with van der Waals surface area (Å²) in [6, 6.07) is 13.5. The molecule has 7 heteroatoms. The molecule has 0 fully saturated rings. The predicted octanol–water partition coefficient (Wildman–Crippen LogP) is 3.95. The fourth-order valence-electron chi connectivity index (χ4n) is 3.03. The Bertz CT molecular complexity index is 896. The summed E-state index contributed by atoms with van der Waals surface area (Å²) in [5, 5.41) is 9.55. The van der Waals surface area contributed by atoms with Gasteiger partial charge in [0.2, 0.25) is 0 Å².